The zero-order valence-electron chi connectivity index (χ0n) is 17.4. The van der Waals surface area contributed by atoms with Crippen LogP contribution in [-0.2, 0) is 19.1 Å². The summed E-state index contributed by atoms with van der Waals surface area (Å²) in [6, 6.07) is 3.45. The maximum atomic E-state index is 12.8. The number of benzene rings is 1. The summed E-state index contributed by atoms with van der Waals surface area (Å²) in [4.78, 5) is 37.4. The number of hydrogen-bond acceptors (Lipinski definition) is 7. The van der Waals surface area contributed by atoms with Crippen molar-refractivity contribution in [1.29, 1.82) is 0 Å². The van der Waals surface area contributed by atoms with Gasteiger partial charge < -0.3 is 14.2 Å². The second-order valence-electron chi connectivity index (χ2n) is 7.78. The van der Waals surface area contributed by atoms with E-state index in [0.29, 0.717) is 20.6 Å². The molecule has 2 amide bonds. The van der Waals surface area contributed by atoms with Crippen molar-refractivity contribution < 1.29 is 28.6 Å². The smallest absolute Gasteiger partial charge is 0.347 e. The standard InChI is InChI=1S/C22H23IN2O6/c1-4-30-22(28)11(2)31-19-15(23)7-12(8-16(19)29-3)10-24-25-20(26)17-13-5-6-14(9-13)18(17)21(25)27/h5-8,10-11,13-14,17-18H,4,9H2,1-3H3/t11-,13+,14+,17-,18+/m1/s1. The van der Waals surface area contributed by atoms with Crippen molar-refractivity contribution in [3.8, 4) is 11.5 Å². The third kappa shape index (κ3) is 3.83. The van der Waals surface area contributed by atoms with Crippen LogP contribution in [0.1, 0.15) is 25.8 Å². The van der Waals surface area contributed by atoms with Gasteiger partial charge in [0.25, 0.3) is 11.8 Å². The number of hydrazone groups is 1. The fourth-order valence-electron chi connectivity index (χ4n) is 4.54. The van der Waals surface area contributed by atoms with Crippen LogP contribution in [0, 0.1) is 27.2 Å². The Bertz CT molecular complexity index is 960. The molecular weight excluding hydrogens is 515 g/mol. The van der Waals surface area contributed by atoms with Crippen LogP contribution in [0.5, 0.6) is 11.5 Å². The molecule has 1 heterocycles. The van der Waals surface area contributed by atoms with E-state index in [9.17, 15) is 14.4 Å². The van der Waals surface area contributed by atoms with Crippen LogP contribution >= 0.6 is 22.6 Å². The molecule has 5 atom stereocenters. The molecule has 0 aromatic heterocycles. The summed E-state index contributed by atoms with van der Waals surface area (Å²) in [5, 5.41) is 5.21. The monoisotopic (exact) mass is 538 g/mol. The van der Waals surface area contributed by atoms with Gasteiger partial charge in [0.05, 0.1) is 35.3 Å². The summed E-state index contributed by atoms with van der Waals surface area (Å²) in [5.74, 6) is -0.388. The number of ether oxygens (including phenoxy) is 3. The minimum Gasteiger partial charge on any atom is -0.493 e. The highest BCUT2D eigenvalue weighted by molar-refractivity contribution is 14.1. The highest BCUT2D eigenvalue weighted by Crippen LogP contribution is 2.52. The Morgan fingerprint density at radius 2 is 1.90 bits per heavy atom. The van der Waals surface area contributed by atoms with Crippen molar-refractivity contribution >= 4 is 46.6 Å². The van der Waals surface area contributed by atoms with Gasteiger partial charge in [0, 0.05) is 0 Å². The molecule has 31 heavy (non-hydrogen) atoms. The van der Waals surface area contributed by atoms with Crippen LogP contribution in [-0.4, -0.2) is 48.8 Å². The van der Waals surface area contributed by atoms with E-state index in [1.54, 1.807) is 26.0 Å². The maximum absolute atomic E-state index is 12.8. The molecule has 0 radical (unpaired) electrons. The van der Waals surface area contributed by atoms with Gasteiger partial charge in [0.2, 0.25) is 0 Å². The number of nitrogens with zero attached hydrogens (tertiary/aromatic N) is 2. The zero-order valence-corrected chi connectivity index (χ0v) is 19.6. The van der Waals surface area contributed by atoms with E-state index in [0.717, 1.165) is 11.4 Å². The molecule has 1 aliphatic heterocycles. The molecule has 0 spiro atoms. The third-order valence-corrected chi connectivity index (χ3v) is 6.74. The Morgan fingerprint density at radius 3 is 2.48 bits per heavy atom. The lowest BCUT2D eigenvalue weighted by Gasteiger charge is -2.17. The lowest BCUT2D eigenvalue weighted by molar-refractivity contribution is -0.150. The molecule has 1 aromatic carbocycles. The number of amides is 2. The van der Waals surface area contributed by atoms with Gasteiger partial charge >= 0.3 is 5.97 Å². The van der Waals surface area contributed by atoms with E-state index in [1.807, 2.05) is 12.2 Å². The van der Waals surface area contributed by atoms with Crippen LogP contribution in [0.2, 0.25) is 0 Å². The number of esters is 1. The Kier molecular flexibility index (Phi) is 6.05. The summed E-state index contributed by atoms with van der Waals surface area (Å²) in [7, 11) is 1.49. The number of carbonyl (C=O) groups is 3. The predicted octanol–water partition coefficient (Wildman–Crippen LogP) is 2.77. The van der Waals surface area contributed by atoms with Crippen molar-refractivity contribution in [2.75, 3.05) is 13.7 Å². The van der Waals surface area contributed by atoms with Crippen LogP contribution in [0.15, 0.2) is 29.4 Å². The van der Waals surface area contributed by atoms with E-state index in [-0.39, 0.29) is 42.1 Å². The molecule has 1 saturated heterocycles. The number of imide groups is 1. The highest BCUT2D eigenvalue weighted by atomic mass is 127. The second kappa shape index (κ2) is 8.60. The van der Waals surface area contributed by atoms with E-state index in [2.05, 4.69) is 27.7 Å². The zero-order chi connectivity index (χ0) is 22.3. The van der Waals surface area contributed by atoms with Gasteiger partial charge in [-0.25, -0.2) is 4.79 Å². The van der Waals surface area contributed by atoms with E-state index < -0.39 is 12.1 Å². The van der Waals surface area contributed by atoms with Crippen molar-refractivity contribution in [3.05, 3.63) is 33.4 Å². The molecule has 0 N–H and O–H groups in total. The first-order valence-corrected chi connectivity index (χ1v) is 11.2. The van der Waals surface area contributed by atoms with Crippen LogP contribution in [0.3, 0.4) is 0 Å². The van der Waals surface area contributed by atoms with Crippen molar-refractivity contribution in [2.24, 2.45) is 28.8 Å². The minimum absolute atomic E-state index is 0.144. The first-order valence-electron chi connectivity index (χ1n) is 10.2. The Balaban J connectivity index is 1.52. The van der Waals surface area contributed by atoms with E-state index in [4.69, 9.17) is 14.2 Å². The molecule has 164 valence electrons. The second-order valence-corrected chi connectivity index (χ2v) is 8.94. The summed E-state index contributed by atoms with van der Waals surface area (Å²) in [6.07, 6.45) is 5.65. The lowest BCUT2D eigenvalue weighted by atomic mass is 9.85. The molecule has 9 heteroatoms. The van der Waals surface area contributed by atoms with Crippen molar-refractivity contribution in [3.63, 3.8) is 0 Å². The molecule has 2 fully saturated rings. The van der Waals surface area contributed by atoms with Gasteiger partial charge in [0.15, 0.2) is 17.6 Å². The number of fused-ring (bicyclic) bond motifs is 5. The van der Waals surface area contributed by atoms with Crippen LogP contribution in [0.25, 0.3) is 0 Å². The first kappa shape index (κ1) is 21.8. The summed E-state index contributed by atoms with van der Waals surface area (Å²) >= 11 is 2.07. The predicted molar refractivity (Wildman–Crippen MR) is 120 cm³/mol. The summed E-state index contributed by atoms with van der Waals surface area (Å²) in [5.41, 5.74) is 0.635. The largest absolute Gasteiger partial charge is 0.493 e. The number of rotatable bonds is 7. The molecule has 2 bridgehead atoms. The van der Waals surface area contributed by atoms with E-state index in [1.165, 1.54) is 13.3 Å². The van der Waals surface area contributed by atoms with E-state index >= 15 is 0 Å². The van der Waals surface area contributed by atoms with Gasteiger partial charge in [0.1, 0.15) is 0 Å². The Morgan fingerprint density at radius 1 is 1.26 bits per heavy atom. The van der Waals surface area contributed by atoms with Crippen LogP contribution in [0.4, 0.5) is 0 Å². The van der Waals surface area contributed by atoms with Gasteiger partial charge in [-0.2, -0.15) is 10.1 Å². The Labute approximate surface area is 193 Å². The molecule has 8 nitrogen and oxygen atoms in total. The molecule has 0 unspecified atom stereocenters. The quantitative estimate of drug-likeness (QED) is 0.174. The van der Waals surface area contributed by atoms with Crippen LogP contribution < -0.4 is 9.47 Å². The average molecular weight is 538 g/mol. The first-order chi connectivity index (χ1) is 14.8. The molecule has 1 saturated carbocycles. The number of hydrogen-bond donors (Lipinski definition) is 0. The molecule has 2 aliphatic carbocycles. The number of halogens is 1. The number of allylic oxidation sites excluding steroid dienone is 2. The maximum Gasteiger partial charge on any atom is 0.347 e. The van der Waals surface area contributed by atoms with Gasteiger partial charge in [-0.1, -0.05) is 12.2 Å². The topological polar surface area (TPSA) is 94.5 Å². The fourth-order valence-corrected chi connectivity index (χ4v) is 5.29. The van der Waals surface area contributed by atoms with Crippen molar-refractivity contribution in [1.82, 2.24) is 5.01 Å². The lowest BCUT2D eigenvalue weighted by Crippen LogP contribution is -2.28. The van der Waals surface area contributed by atoms with Gasteiger partial charge in [-0.05, 0) is 72.4 Å². The number of carbonyl (C=O) groups excluding carboxylic acids is 3. The highest BCUT2D eigenvalue weighted by Gasteiger charge is 2.59. The summed E-state index contributed by atoms with van der Waals surface area (Å²) < 4.78 is 16.8. The minimum atomic E-state index is -0.801. The molecule has 1 aromatic rings. The SMILES string of the molecule is CCOC(=O)[C@@H](C)Oc1c(I)cc(C=NN2C(=O)[C@@H]3[C@H](C2=O)[C@H]2C=C[C@H]3C2)cc1OC. The molecule has 3 aliphatic rings. The van der Waals surface area contributed by atoms with Gasteiger partial charge in [-0.3, -0.25) is 9.59 Å². The number of methoxy groups -OCH3 is 1. The molecular formula is C22H23IN2O6. The normalized spacial score (nSPS) is 27.2. The average Bonchev–Trinajstić information content (AvgIpc) is 3.42. The third-order valence-electron chi connectivity index (χ3n) is 5.93. The van der Waals surface area contributed by atoms with Crippen molar-refractivity contribution in [2.45, 2.75) is 26.4 Å². The van der Waals surface area contributed by atoms with Gasteiger partial charge in [-0.15, -0.1) is 0 Å². The molecule has 4 rings (SSSR count). The summed E-state index contributed by atoms with van der Waals surface area (Å²) in [6.45, 7) is 3.60. The fraction of sp³-hybridized carbons (Fsp3) is 0.455. The Hall–Kier alpha value is -2.43.